The first kappa shape index (κ1) is 36.5. The molecule has 47 heavy (non-hydrogen) atoms. The Labute approximate surface area is 274 Å². The van der Waals surface area contributed by atoms with E-state index in [-0.39, 0.29) is 46.4 Å². The van der Waals surface area contributed by atoms with Gasteiger partial charge in [-0.05, 0) is 71.1 Å². The van der Waals surface area contributed by atoms with Gasteiger partial charge < -0.3 is 14.0 Å². The van der Waals surface area contributed by atoms with Crippen molar-refractivity contribution in [3.8, 4) is 0 Å². The Morgan fingerprint density at radius 1 is 0.809 bits per heavy atom. The van der Waals surface area contributed by atoms with E-state index >= 15 is 0 Å². The Kier molecular flexibility index (Phi) is 11.2. The van der Waals surface area contributed by atoms with Crippen LogP contribution in [0, 0.1) is 0 Å². The number of allylic oxidation sites excluding steroid dienone is 6. The molecule has 0 aliphatic carbocycles. The minimum absolute atomic E-state index is 0.109. The van der Waals surface area contributed by atoms with Crippen LogP contribution >= 0.6 is 23.5 Å². The highest BCUT2D eigenvalue weighted by Crippen LogP contribution is 2.41. The van der Waals surface area contributed by atoms with Crippen LogP contribution in [0.25, 0.3) is 22.6 Å². The van der Waals surface area contributed by atoms with Crippen LogP contribution in [0.1, 0.15) is 11.1 Å². The molecule has 0 atom stereocenters. The Hall–Kier alpha value is -3.29. The molecule has 2 heterocycles. The van der Waals surface area contributed by atoms with Gasteiger partial charge in [0.1, 0.15) is 10.1 Å². The Balaban J connectivity index is 1.64. The van der Waals surface area contributed by atoms with E-state index in [1.165, 1.54) is 58.3 Å². The molecule has 1 aromatic heterocycles. The largest absolute Gasteiger partial charge is 0.748 e. The Bertz CT molecular complexity index is 1990. The molecule has 0 spiro atoms. The van der Waals surface area contributed by atoms with E-state index < -0.39 is 42.8 Å². The minimum Gasteiger partial charge on any atom is -0.748 e. The van der Waals surface area contributed by atoms with E-state index in [4.69, 9.17) is 0 Å². The third kappa shape index (κ3) is 11.4. The summed E-state index contributed by atoms with van der Waals surface area (Å²) in [5.74, 6) is -1.44. The van der Waals surface area contributed by atoms with E-state index in [1.54, 1.807) is 42.5 Å². The highest BCUT2D eigenvalue weighted by molar-refractivity contribution is 8.00. The van der Waals surface area contributed by atoms with E-state index in [0.29, 0.717) is 33.3 Å². The second-order valence-electron chi connectivity index (χ2n) is 9.82. The second kappa shape index (κ2) is 14.4. The number of hydrogen-bond donors (Lipinski definition) is 0. The molecule has 0 saturated carbocycles. The van der Waals surface area contributed by atoms with Crippen molar-refractivity contribution in [2.75, 3.05) is 23.0 Å². The molecule has 0 unspecified atom stereocenters. The number of fused-ring (bicyclic) bond motifs is 2. The molecular weight excluding hydrogens is 715 g/mol. The maximum Gasteiger partial charge on any atom is 0.446 e. The van der Waals surface area contributed by atoms with Gasteiger partial charge in [-0.3, -0.25) is 0 Å². The van der Waals surface area contributed by atoms with E-state index in [2.05, 4.69) is 0 Å². The lowest BCUT2D eigenvalue weighted by Gasteiger charge is -2.28. The van der Waals surface area contributed by atoms with Gasteiger partial charge in [-0.25, -0.2) is 16.8 Å². The number of aryl methyl sites for hydroxylation is 1. The molecule has 0 radical (unpaired) electrons. The van der Waals surface area contributed by atoms with Crippen LogP contribution in [0.3, 0.4) is 0 Å². The quantitative estimate of drug-likeness (QED) is 0.0721. The number of pyridine rings is 1. The van der Waals surface area contributed by atoms with Gasteiger partial charge >= 0.3 is 11.0 Å². The summed E-state index contributed by atoms with van der Waals surface area (Å²) in [5, 5.41) is 0.354. The molecule has 0 N–H and O–H groups in total. The maximum absolute atomic E-state index is 13.0. The van der Waals surface area contributed by atoms with Crippen molar-refractivity contribution in [2.45, 2.75) is 27.4 Å². The summed E-state index contributed by atoms with van der Waals surface area (Å²) in [6.07, 6.45) is 12.4. The number of aromatic nitrogens is 1. The van der Waals surface area contributed by atoms with Gasteiger partial charge in [-0.2, -0.15) is 30.9 Å². The second-order valence-corrected chi connectivity index (χ2v) is 15.1. The predicted octanol–water partition coefficient (Wildman–Crippen LogP) is 6.43. The number of benzene rings is 2. The number of nitrogens with zero attached hydrogens (tertiary/aromatic N) is 2. The summed E-state index contributed by atoms with van der Waals surface area (Å²) in [6.45, 7) is -0.429. The summed E-state index contributed by atoms with van der Waals surface area (Å²) in [5.41, 5.74) is -7.02. The lowest BCUT2D eigenvalue weighted by molar-refractivity contribution is -0.666. The molecule has 0 saturated heterocycles. The molecule has 1 aliphatic heterocycles. The molecule has 2 aromatic carbocycles. The zero-order chi connectivity index (χ0) is 34.6. The molecule has 0 fully saturated rings. The van der Waals surface area contributed by atoms with Crippen molar-refractivity contribution >= 4 is 72.0 Å². The van der Waals surface area contributed by atoms with Crippen molar-refractivity contribution < 1.29 is 56.9 Å². The molecule has 1 aliphatic rings. The number of rotatable bonds is 11. The molecule has 8 nitrogen and oxygen atoms in total. The zero-order valence-corrected chi connectivity index (χ0v) is 27.0. The third-order valence-corrected chi connectivity index (χ3v) is 9.26. The van der Waals surface area contributed by atoms with Crippen molar-refractivity contribution in [1.29, 1.82) is 0 Å². The van der Waals surface area contributed by atoms with Crippen molar-refractivity contribution in [3.63, 3.8) is 0 Å². The average Bonchev–Trinajstić information content (AvgIpc) is 2.93. The Morgan fingerprint density at radius 2 is 1.45 bits per heavy atom. The van der Waals surface area contributed by atoms with Gasteiger partial charge in [0, 0.05) is 45.9 Å². The van der Waals surface area contributed by atoms with Crippen molar-refractivity contribution in [3.05, 3.63) is 96.4 Å². The van der Waals surface area contributed by atoms with Crippen LogP contribution in [0.2, 0.25) is 0 Å². The van der Waals surface area contributed by atoms with E-state index in [1.807, 2.05) is 0 Å². The maximum atomic E-state index is 13.0. The molecule has 18 heteroatoms. The van der Waals surface area contributed by atoms with Gasteiger partial charge in [0.25, 0.3) is 0 Å². The Morgan fingerprint density at radius 3 is 2.09 bits per heavy atom. The topological polar surface area (TPSA) is 122 Å². The van der Waals surface area contributed by atoms with Crippen LogP contribution in [0.5, 0.6) is 0 Å². The normalized spacial score (nSPS) is 15.4. The highest BCUT2D eigenvalue weighted by atomic mass is 32.2. The molecular formula is C29H23F6N2O6S4-. The summed E-state index contributed by atoms with van der Waals surface area (Å²) in [6, 6.07) is 9.39. The number of thioether (sulfide) groups is 2. The van der Waals surface area contributed by atoms with Gasteiger partial charge in [0.05, 0.1) is 27.0 Å². The van der Waals surface area contributed by atoms with Gasteiger partial charge in [-0.1, -0.05) is 30.4 Å². The standard InChI is InChI=1S/C29H24F6N2O6S4/c30-28(31,32)44-22-6-8-26-24(18-22)20(10-12-36(26)14-16-46(38,39)40)4-2-1-3-5-21-11-13-37(15-17-47(41,42)43)27-9-7-23(19-25(21)27)45-29(33,34)35/h1-13,18-19H,14-17H2,(H-,38,39,40,41,42,43)/p-1. The minimum atomic E-state index is -4.55. The van der Waals surface area contributed by atoms with Crippen molar-refractivity contribution in [2.24, 2.45) is 0 Å². The van der Waals surface area contributed by atoms with E-state index in [9.17, 15) is 52.3 Å². The van der Waals surface area contributed by atoms with Crippen LogP contribution in [-0.4, -0.2) is 55.0 Å². The molecule has 0 bridgehead atoms. The molecule has 3 aromatic rings. The number of anilines is 1. The lowest BCUT2D eigenvalue weighted by Crippen LogP contribution is -2.37. The smallest absolute Gasteiger partial charge is 0.446 e. The van der Waals surface area contributed by atoms with Crippen LogP contribution in [0.4, 0.5) is 32.0 Å². The van der Waals surface area contributed by atoms with Crippen LogP contribution in [-0.2, 0) is 26.8 Å². The summed E-state index contributed by atoms with van der Waals surface area (Å²) < 4.78 is 147. The van der Waals surface area contributed by atoms with Crippen LogP contribution in [0.15, 0.2) is 95.0 Å². The SMILES string of the molecule is O=S(=O)([O-])CCN1C=CC(=CC=CC=Cc2cc[n+](CCS(=O)(=O)[O-])c3ccc(SC(F)(F)F)cc23)c2cc(SC(F)(F)F)ccc21. The third-order valence-electron chi connectivity index (χ3n) is 6.45. The molecule has 4 rings (SSSR count). The number of alkyl halides is 6. The monoisotopic (exact) mass is 737 g/mol. The average molecular weight is 738 g/mol. The van der Waals surface area contributed by atoms with E-state index in [0.717, 1.165) is 0 Å². The molecule has 0 amide bonds. The summed E-state index contributed by atoms with van der Waals surface area (Å²) >= 11 is -0.644. The predicted molar refractivity (Wildman–Crippen MR) is 166 cm³/mol. The first-order chi connectivity index (χ1) is 21.8. The van der Waals surface area contributed by atoms with Crippen molar-refractivity contribution in [1.82, 2.24) is 0 Å². The fraction of sp³-hybridized carbons (Fsp3) is 0.207. The van der Waals surface area contributed by atoms with Crippen LogP contribution < -0.4 is 9.47 Å². The number of halogens is 6. The zero-order valence-electron chi connectivity index (χ0n) is 23.7. The lowest BCUT2D eigenvalue weighted by atomic mass is 9.99. The van der Waals surface area contributed by atoms with Gasteiger partial charge in [0.2, 0.25) is 5.52 Å². The fourth-order valence-electron chi connectivity index (χ4n) is 4.55. The molecule has 252 valence electrons. The first-order valence-corrected chi connectivity index (χ1v) is 18.0. The van der Waals surface area contributed by atoms with Gasteiger partial charge in [-0.15, -0.1) is 0 Å². The highest BCUT2D eigenvalue weighted by Gasteiger charge is 2.31. The summed E-state index contributed by atoms with van der Waals surface area (Å²) in [4.78, 5) is 1.22. The number of hydrogen-bond acceptors (Lipinski definition) is 9. The van der Waals surface area contributed by atoms with Gasteiger partial charge in [0.15, 0.2) is 12.7 Å². The summed E-state index contributed by atoms with van der Waals surface area (Å²) in [7, 11) is -9.10. The fourth-order valence-corrected chi connectivity index (χ4v) is 6.55. The first-order valence-electron chi connectivity index (χ1n) is 13.3.